The Balaban J connectivity index is 1.53. The van der Waals surface area contributed by atoms with E-state index in [1.165, 1.54) is 6.33 Å². The molecule has 1 N–H and O–H groups in total. The zero-order chi connectivity index (χ0) is 17.1. The van der Waals surface area contributed by atoms with Crippen molar-refractivity contribution in [1.29, 1.82) is 0 Å². The summed E-state index contributed by atoms with van der Waals surface area (Å²) in [5, 5.41) is 6.63. The zero-order valence-corrected chi connectivity index (χ0v) is 14.1. The number of nitrogens with zero attached hydrogens (tertiary/aromatic N) is 3. The number of hydrogen-bond donors (Lipinski definition) is 1. The van der Waals surface area contributed by atoms with E-state index in [0.29, 0.717) is 23.9 Å². The third-order valence-corrected chi connectivity index (χ3v) is 4.54. The molecule has 1 aromatic carbocycles. The number of aryl methyl sites for hydroxylation is 1. The van der Waals surface area contributed by atoms with Crippen molar-refractivity contribution in [3.8, 4) is 5.75 Å². The Morgan fingerprint density at radius 1 is 1.42 bits per heavy atom. The average molecular weight is 351 g/mol. The highest BCUT2D eigenvalue weighted by Gasteiger charge is 2.25. The molecule has 1 fully saturated rings. The Morgan fingerprint density at radius 2 is 2.17 bits per heavy atom. The van der Waals surface area contributed by atoms with E-state index in [1.807, 2.05) is 19.1 Å². The molecule has 1 amide bonds. The summed E-state index contributed by atoms with van der Waals surface area (Å²) in [6.07, 6.45) is 2.94. The summed E-state index contributed by atoms with van der Waals surface area (Å²) >= 11 is 6.07. The van der Waals surface area contributed by atoms with Crippen molar-refractivity contribution < 1.29 is 9.53 Å². The fraction of sp³-hybridized carbons (Fsp3) is 0.438. The van der Waals surface area contributed by atoms with Gasteiger partial charge >= 0.3 is 5.69 Å². The van der Waals surface area contributed by atoms with Crippen LogP contribution in [0.2, 0.25) is 5.02 Å². The highest BCUT2D eigenvalue weighted by Crippen LogP contribution is 2.25. The van der Waals surface area contributed by atoms with E-state index in [4.69, 9.17) is 16.3 Å². The van der Waals surface area contributed by atoms with Crippen LogP contribution < -0.4 is 10.4 Å². The Morgan fingerprint density at radius 3 is 2.83 bits per heavy atom. The monoisotopic (exact) mass is 350 g/mol. The number of H-pyrrole nitrogens is 1. The third kappa shape index (κ3) is 3.62. The lowest BCUT2D eigenvalue weighted by molar-refractivity contribution is -0.134. The van der Waals surface area contributed by atoms with E-state index in [-0.39, 0.29) is 24.2 Å². The molecule has 0 aliphatic carbocycles. The number of carbonyl (C=O) groups excluding carboxylic acids is 1. The predicted octanol–water partition coefficient (Wildman–Crippen LogP) is 1.78. The SMILES string of the molecule is Cc1ccc(Cl)c(OCC(=O)N2CCC(n3cn[nH]c3=O)CC2)c1. The Bertz CT molecular complexity index is 778. The summed E-state index contributed by atoms with van der Waals surface area (Å²) in [5.41, 5.74) is 0.811. The average Bonchev–Trinajstić information content (AvgIpc) is 3.01. The Hall–Kier alpha value is -2.28. The van der Waals surface area contributed by atoms with Gasteiger partial charge < -0.3 is 9.64 Å². The molecule has 7 nitrogen and oxygen atoms in total. The number of piperidine rings is 1. The number of hydrogen-bond acceptors (Lipinski definition) is 4. The van der Waals surface area contributed by atoms with E-state index in [2.05, 4.69) is 10.2 Å². The van der Waals surface area contributed by atoms with Crippen LogP contribution in [0.15, 0.2) is 29.3 Å². The normalized spacial score (nSPS) is 15.5. The number of amides is 1. The molecule has 2 heterocycles. The van der Waals surface area contributed by atoms with Crippen LogP contribution in [0.4, 0.5) is 0 Å². The molecular weight excluding hydrogens is 332 g/mol. The molecule has 2 aromatic rings. The van der Waals surface area contributed by atoms with Gasteiger partial charge in [0.15, 0.2) is 6.61 Å². The molecule has 1 saturated heterocycles. The van der Waals surface area contributed by atoms with Gasteiger partial charge in [-0.3, -0.25) is 9.36 Å². The number of aromatic nitrogens is 3. The maximum atomic E-state index is 12.3. The first-order valence-electron chi connectivity index (χ1n) is 7.83. The first-order valence-corrected chi connectivity index (χ1v) is 8.20. The van der Waals surface area contributed by atoms with Crippen molar-refractivity contribution in [3.05, 3.63) is 45.6 Å². The molecule has 24 heavy (non-hydrogen) atoms. The number of aromatic amines is 1. The van der Waals surface area contributed by atoms with Gasteiger partial charge in [-0.2, -0.15) is 5.10 Å². The lowest BCUT2D eigenvalue weighted by Gasteiger charge is -2.32. The molecule has 8 heteroatoms. The molecular formula is C16H19ClN4O3. The smallest absolute Gasteiger partial charge is 0.343 e. The predicted molar refractivity (Wildman–Crippen MR) is 89.4 cm³/mol. The lowest BCUT2D eigenvalue weighted by Crippen LogP contribution is -2.42. The summed E-state index contributed by atoms with van der Waals surface area (Å²) in [6, 6.07) is 5.53. The lowest BCUT2D eigenvalue weighted by atomic mass is 10.1. The molecule has 3 rings (SSSR count). The van der Waals surface area contributed by atoms with Crippen LogP contribution >= 0.6 is 11.6 Å². The van der Waals surface area contributed by atoms with Crippen LogP contribution in [0.1, 0.15) is 24.4 Å². The number of rotatable bonds is 4. The van der Waals surface area contributed by atoms with Crippen molar-refractivity contribution in [1.82, 2.24) is 19.7 Å². The second-order valence-electron chi connectivity index (χ2n) is 5.90. The van der Waals surface area contributed by atoms with E-state index in [9.17, 15) is 9.59 Å². The molecule has 1 aromatic heterocycles. The van der Waals surface area contributed by atoms with Gasteiger partial charge in [-0.25, -0.2) is 9.89 Å². The van der Waals surface area contributed by atoms with E-state index >= 15 is 0 Å². The van der Waals surface area contributed by atoms with Crippen LogP contribution in [-0.4, -0.2) is 45.3 Å². The zero-order valence-electron chi connectivity index (χ0n) is 13.4. The van der Waals surface area contributed by atoms with Crippen LogP contribution in [0.3, 0.4) is 0 Å². The van der Waals surface area contributed by atoms with E-state index in [0.717, 1.165) is 18.4 Å². The molecule has 0 spiro atoms. The van der Waals surface area contributed by atoms with Crippen LogP contribution in [0.5, 0.6) is 5.75 Å². The number of nitrogens with one attached hydrogen (secondary N) is 1. The maximum absolute atomic E-state index is 12.3. The second kappa shape index (κ2) is 7.09. The minimum absolute atomic E-state index is 0.0422. The first kappa shape index (κ1) is 16.6. The number of carbonyl (C=O) groups is 1. The maximum Gasteiger partial charge on any atom is 0.343 e. The van der Waals surface area contributed by atoms with Gasteiger partial charge in [0.1, 0.15) is 12.1 Å². The Kier molecular flexibility index (Phi) is 4.89. The molecule has 0 atom stereocenters. The molecule has 1 aliphatic rings. The van der Waals surface area contributed by atoms with Crippen LogP contribution in [-0.2, 0) is 4.79 Å². The van der Waals surface area contributed by atoms with Gasteiger partial charge in [0.05, 0.1) is 5.02 Å². The highest BCUT2D eigenvalue weighted by molar-refractivity contribution is 6.32. The number of likely N-dealkylation sites (tertiary alicyclic amines) is 1. The summed E-state index contributed by atoms with van der Waals surface area (Å²) in [4.78, 5) is 25.6. The topological polar surface area (TPSA) is 80.2 Å². The molecule has 0 radical (unpaired) electrons. The van der Waals surface area contributed by atoms with E-state index in [1.54, 1.807) is 15.5 Å². The molecule has 1 aliphatic heterocycles. The quantitative estimate of drug-likeness (QED) is 0.911. The van der Waals surface area contributed by atoms with Gasteiger partial charge in [-0.15, -0.1) is 0 Å². The van der Waals surface area contributed by atoms with Crippen molar-refractivity contribution in [2.24, 2.45) is 0 Å². The van der Waals surface area contributed by atoms with Gasteiger partial charge in [0.2, 0.25) is 0 Å². The Labute approximate surface area is 144 Å². The van der Waals surface area contributed by atoms with Crippen molar-refractivity contribution >= 4 is 17.5 Å². The van der Waals surface area contributed by atoms with Crippen molar-refractivity contribution in [2.45, 2.75) is 25.8 Å². The molecule has 0 saturated carbocycles. The van der Waals surface area contributed by atoms with Crippen molar-refractivity contribution in [3.63, 3.8) is 0 Å². The highest BCUT2D eigenvalue weighted by atomic mass is 35.5. The largest absolute Gasteiger partial charge is 0.482 e. The van der Waals surface area contributed by atoms with Crippen LogP contribution in [0, 0.1) is 6.92 Å². The molecule has 0 unspecified atom stereocenters. The fourth-order valence-electron chi connectivity index (χ4n) is 2.86. The number of benzene rings is 1. The standard InChI is InChI=1S/C16H19ClN4O3/c1-11-2-3-13(17)14(8-11)24-9-15(22)20-6-4-12(5-7-20)21-10-18-19-16(21)23/h2-3,8,10,12H,4-7,9H2,1H3,(H,19,23). The molecule has 128 valence electrons. The first-order chi connectivity index (χ1) is 11.5. The minimum Gasteiger partial charge on any atom is -0.482 e. The molecule has 0 bridgehead atoms. The summed E-state index contributed by atoms with van der Waals surface area (Å²) < 4.78 is 7.15. The summed E-state index contributed by atoms with van der Waals surface area (Å²) in [7, 11) is 0. The fourth-order valence-corrected chi connectivity index (χ4v) is 3.03. The van der Waals surface area contributed by atoms with E-state index < -0.39 is 0 Å². The number of halogens is 1. The van der Waals surface area contributed by atoms with Gasteiger partial charge in [0.25, 0.3) is 5.91 Å². The minimum atomic E-state index is -0.211. The van der Waals surface area contributed by atoms with Gasteiger partial charge in [0, 0.05) is 19.1 Å². The third-order valence-electron chi connectivity index (χ3n) is 4.23. The summed E-state index contributed by atoms with van der Waals surface area (Å²) in [5.74, 6) is 0.440. The van der Waals surface area contributed by atoms with Crippen molar-refractivity contribution in [2.75, 3.05) is 19.7 Å². The van der Waals surface area contributed by atoms with Gasteiger partial charge in [-0.05, 0) is 37.5 Å². The second-order valence-corrected chi connectivity index (χ2v) is 6.31. The summed E-state index contributed by atoms with van der Waals surface area (Å²) in [6.45, 7) is 3.07. The van der Waals surface area contributed by atoms with Gasteiger partial charge in [-0.1, -0.05) is 17.7 Å². The van der Waals surface area contributed by atoms with Crippen LogP contribution in [0.25, 0.3) is 0 Å². The number of ether oxygens (including phenoxy) is 1.